The number of nitrogens with zero attached hydrogens (tertiary/aromatic N) is 1. The van der Waals surface area contributed by atoms with Crippen LogP contribution in [0.15, 0.2) is 0 Å². The summed E-state index contributed by atoms with van der Waals surface area (Å²) in [5, 5.41) is 3.27. The van der Waals surface area contributed by atoms with E-state index in [1.807, 2.05) is 39.5 Å². The zero-order valence-corrected chi connectivity index (χ0v) is 12.7. The molecule has 0 heterocycles. The lowest BCUT2D eigenvalue weighted by atomic mass is 10.2. The van der Waals surface area contributed by atoms with Gasteiger partial charge in [0.25, 0.3) is 0 Å². The SMILES string of the molecule is CCN(CC)C(=O)C(C)NCCCCOC(C)C. The molecule has 18 heavy (non-hydrogen) atoms. The van der Waals surface area contributed by atoms with Crippen LogP contribution in [0, 0.1) is 0 Å². The van der Waals surface area contributed by atoms with Gasteiger partial charge in [-0.3, -0.25) is 4.79 Å². The van der Waals surface area contributed by atoms with E-state index in [0.717, 1.165) is 39.1 Å². The standard InChI is InChI=1S/C14H30N2O2/c1-6-16(7-2)14(17)13(5)15-10-8-9-11-18-12(3)4/h12-13,15H,6-11H2,1-5H3. The third-order valence-corrected chi connectivity index (χ3v) is 2.92. The van der Waals surface area contributed by atoms with Gasteiger partial charge in [0, 0.05) is 19.7 Å². The fourth-order valence-corrected chi connectivity index (χ4v) is 1.76. The summed E-state index contributed by atoms with van der Waals surface area (Å²) in [6.07, 6.45) is 2.39. The molecule has 4 heteroatoms. The third-order valence-electron chi connectivity index (χ3n) is 2.92. The van der Waals surface area contributed by atoms with Crippen LogP contribution in [0.2, 0.25) is 0 Å². The second-order valence-corrected chi connectivity index (χ2v) is 4.81. The molecular formula is C14H30N2O2. The molecule has 1 atom stereocenters. The number of hydrogen-bond acceptors (Lipinski definition) is 3. The van der Waals surface area contributed by atoms with Crippen molar-refractivity contribution in [3.8, 4) is 0 Å². The molecule has 0 fully saturated rings. The topological polar surface area (TPSA) is 41.6 Å². The first-order valence-electron chi connectivity index (χ1n) is 7.16. The van der Waals surface area contributed by atoms with Crippen molar-refractivity contribution in [1.82, 2.24) is 10.2 Å². The van der Waals surface area contributed by atoms with E-state index >= 15 is 0 Å². The van der Waals surface area contributed by atoms with Crippen LogP contribution in [0.3, 0.4) is 0 Å². The normalized spacial score (nSPS) is 12.8. The highest BCUT2D eigenvalue weighted by atomic mass is 16.5. The van der Waals surface area contributed by atoms with E-state index in [1.54, 1.807) is 0 Å². The van der Waals surface area contributed by atoms with E-state index in [4.69, 9.17) is 4.74 Å². The lowest BCUT2D eigenvalue weighted by Crippen LogP contribution is -2.45. The van der Waals surface area contributed by atoms with E-state index in [0.29, 0.717) is 6.10 Å². The Morgan fingerprint density at radius 3 is 2.28 bits per heavy atom. The zero-order valence-electron chi connectivity index (χ0n) is 12.7. The van der Waals surface area contributed by atoms with Gasteiger partial charge < -0.3 is 15.0 Å². The molecule has 0 radical (unpaired) electrons. The summed E-state index contributed by atoms with van der Waals surface area (Å²) < 4.78 is 5.47. The lowest BCUT2D eigenvalue weighted by Gasteiger charge is -2.23. The Morgan fingerprint density at radius 1 is 1.17 bits per heavy atom. The Kier molecular flexibility index (Phi) is 9.98. The van der Waals surface area contributed by atoms with Crippen molar-refractivity contribution in [2.24, 2.45) is 0 Å². The van der Waals surface area contributed by atoms with E-state index in [2.05, 4.69) is 5.32 Å². The summed E-state index contributed by atoms with van der Waals surface area (Å²) in [7, 11) is 0. The van der Waals surface area contributed by atoms with Crippen LogP contribution < -0.4 is 5.32 Å². The van der Waals surface area contributed by atoms with Gasteiger partial charge in [0.2, 0.25) is 5.91 Å². The number of unbranched alkanes of at least 4 members (excludes halogenated alkanes) is 1. The molecule has 1 N–H and O–H groups in total. The quantitative estimate of drug-likeness (QED) is 0.610. The third kappa shape index (κ3) is 7.67. The van der Waals surface area contributed by atoms with E-state index in [-0.39, 0.29) is 11.9 Å². The minimum absolute atomic E-state index is 0.0871. The van der Waals surface area contributed by atoms with Crippen molar-refractivity contribution >= 4 is 5.91 Å². The molecule has 0 bridgehead atoms. The first-order chi connectivity index (χ1) is 8.52. The number of carbonyl (C=O) groups excluding carboxylic acids is 1. The fourth-order valence-electron chi connectivity index (χ4n) is 1.76. The van der Waals surface area contributed by atoms with Crippen molar-refractivity contribution < 1.29 is 9.53 Å². The van der Waals surface area contributed by atoms with Gasteiger partial charge in [-0.2, -0.15) is 0 Å². The fraction of sp³-hybridized carbons (Fsp3) is 0.929. The summed E-state index contributed by atoms with van der Waals surface area (Å²) in [6.45, 7) is 13.3. The maximum absolute atomic E-state index is 12.0. The van der Waals surface area contributed by atoms with E-state index < -0.39 is 0 Å². The largest absolute Gasteiger partial charge is 0.379 e. The van der Waals surface area contributed by atoms with Crippen LogP contribution in [0.25, 0.3) is 0 Å². The van der Waals surface area contributed by atoms with Crippen molar-refractivity contribution in [2.45, 2.75) is 59.6 Å². The van der Waals surface area contributed by atoms with Gasteiger partial charge in [-0.1, -0.05) is 0 Å². The maximum Gasteiger partial charge on any atom is 0.239 e. The van der Waals surface area contributed by atoms with Crippen LogP contribution >= 0.6 is 0 Å². The number of rotatable bonds is 10. The molecule has 108 valence electrons. The van der Waals surface area contributed by atoms with Crippen molar-refractivity contribution in [2.75, 3.05) is 26.2 Å². The average Bonchev–Trinajstić information content (AvgIpc) is 2.34. The summed E-state index contributed by atoms with van der Waals surface area (Å²) in [4.78, 5) is 13.8. The molecule has 0 aliphatic carbocycles. The lowest BCUT2D eigenvalue weighted by molar-refractivity contribution is -0.132. The molecule has 0 aromatic rings. The zero-order chi connectivity index (χ0) is 14.0. The molecule has 0 saturated carbocycles. The molecule has 1 amide bonds. The summed E-state index contributed by atoms with van der Waals surface area (Å²) >= 11 is 0. The van der Waals surface area contributed by atoms with Gasteiger partial charge in [-0.25, -0.2) is 0 Å². The van der Waals surface area contributed by atoms with E-state index in [9.17, 15) is 4.79 Å². The van der Waals surface area contributed by atoms with Gasteiger partial charge >= 0.3 is 0 Å². The second kappa shape index (κ2) is 10.3. The molecule has 0 aromatic carbocycles. The number of nitrogens with one attached hydrogen (secondary N) is 1. The summed E-state index contributed by atoms with van der Waals surface area (Å²) in [6, 6.07) is -0.0871. The highest BCUT2D eigenvalue weighted by Crippen LogP contribution is 1.97. The van der Waals surface area contributed by atoms with Gasteiger partial charge in [-0.15, -0.1) is 0 Å². The minimum atomic E-state index is -0.0871. The Hall–Kier alpha value is -0.610. The predicted molar refractivity (Wildman–Crippen MR) is 75.7 cm³/mol. The molecule has 0 spiro atoms. The monoisotopic (exact) mass is 258 g/mol. The first kappa shape index (κ1) is 17.4. The molecule has 0 aromatic heterocycles. The van der Waals surface area contributed by atoms with Crippen LogP contribution in [-0.4, -0.2) is 49.2 Å². The molecule has 0 saturated heterocycles. The van der Waals surface area contributed by atoms with Crippen LogP contribution in [0.1, 0.15) is 47.5 Å². The Morgan fingerprint density at radius 2 is 1.78 bits per heavy atom. The number of ether oxygens (including phenoxy) is 1. The number of amides is 1. The Balaban J connectivity index is 3.63. The van der Waals surface area contributed by atoms with Crippen LogP contribution in [0.4, 0.5) is 0 Å². The smallest absolute Gasteiger partial charge is 0.239 e. The van der Waals surface area contributed by atoms with Gasteiger partial charge in [0.1, 0.15) is 0 Å². The van der Waals surface area contributed by atoms with Crippen LogP contribution in [0.5, 0.6) is 0 Å². The summed E-state index contributed by atoms with van der Waals surface area (Å²) in [5.41, 5.74) is 0. The molecule has 0 rings (SSSR count). The van der Waals surface area contributed by atoms with Crippen molar-refractivity contribution in [3.63, 3.8) is 0 Å². The summed E-state index contributed by atoms with van der Waals surface area (Å²) in [5.74, 6) is 0.193. The highest BCUT2D eigenvalue weighted by Gasteiger charge is 2.16. The second-order valence-electron chi connectivity index (χ2n) is 4.81. The van der Waals surface area contributed by atoms with Gasteiger partial charge in [0.15, 0.2) is 0 Å². The highest BCUT2D eigenvalue weighted by molar-refractivity contribution is 5.81. The molecule has 0 aliphatic rings. The maximum atomic E-state index is 12.0. The molecular weight excluding hydrogens is 228 g/mol. The Bertz CT molecular complexity index is 216. The number of carbonyl (C=O) groups is 1. The van der Waals surface area contributed by atoms with Crippen molar-refractivity contribution in [1.29, 1.82) is 0 Å². The van der Waals surface area contributed by atoms with Gasteiger partial charge in [0.05, 0.1) is 12.1 Å². The van der Waals surface area contributed by atoms with E-state index in [1.165, 1.54) is 0 Å². The molecule has 4 nitrogen and oxygen atoms in total. The predicted octanol–water partition coefficient (Wildman–Crippen LogP) is 2.04. The van der Waals surface area contributed by atoms with Gasteiger partial charge in [-0.05, 0) is 54.0 Å². The van der Waals surface area contributed by atoms with Crippen LogP contribution in [-0.2, 0) is 9.53 Å². The minimum Gasteiger partial charge on any atom is -0.379 e. The first-order valence-corrected chi connectivity index (χ1v) is 7.16. The number of likely N-dealkylation sites (N-methyl/N-ethyl adjacent to an activating group) is 1. The molecule has 1 unspecified atom stereocenters. The Labute approximate surface area is 112 Å². The molecule has 0 aliphatic heterocycles. The number of hydrogen-bond donors (Lipinski definition) is 1. The van der Waals surface area contributed by atoms with Crippen molar-refractivity contribution in [3.05, 3.63) is 0 Å². The average molecular weight is 258 g/mol.